The van der Waals surface area contributed by atoms with Gasteiger partial charge in [0.25, 0.3) is 0 Å². The lowest BCUT2D eigenvalue weighted by Gasteiger charge is -2.67. The quantitative estimate of drug-likeness (QED) is 0.0376. The lowest BCUT2D eigenvalue weighted by Crippen LogP contribution is -2.82. The smallest absolute Gasteiger partial charge is 0.496 e. The van der Waals surface area contributed by atoms with Crippen LogP contribution in [0.4, 0.5) is 9.59 Å². The zero-order chi connectivity index (χ0) is 61.5. The number of ketones is 1. The molecule has 0 radical (unpaired) electrons. The van der Waals surface area contributed by atoms with Crippen LogP contribution >= 0.6 is 0 Å². The summed E-state index contributed by atoms with van der Waals surface area (Å²) in [6, 6.07) is 4.68. The van der Waals surface area contributed by atoms with Crippen molar-refractivity contribution in [1.29, 1.82) is 0 Å². The molecule has 0 aromatic heterocycles. The van der Waals surface area contributed by atoms with E-state index in [1.165, 1.54) is 53.0 Å². The molecule has 83 heavy (non-hydrogen) atoms. The van der Waals surface area contributed by atoms with Gasteiger partial charge in [-0.25, -0.2) is 19.2 Å². The normalized spacial score (nSPS) is 27.3. The van der Waals surface area contributed by atoms with Crippen molar-refractivity contribution < 1.29 is 86.4 Å². The lowest BCUT2D eigenvalue weighted by atomic mass is 9.44. The summed E-state index contributed by atoms with van der Waals surface area (Å²) in [6.07, 6.45) is 13.8. The summed E-state index contributed by atoms with van der Waals surface area (Å²) in [5.74, 6) is -6.49. The molecule has 5 rings (SSSR count). The van der Waals surface area contributed by atoms with Gasteiger partial charge in [0.2, 0.25) is 6.10 Å². The van der Waals surface area contributed by atoms with Crippen molar-refractivity contribution in [2.75, 3.05) is 20.8 Å². The molecule has 3 aliphatic carbocycles. The molecule has 2 bridgehead atoms. The first-order valence-corrected chi connectivity index (χ1v) is 28.5. The van der Waals surface area contributed by atoms with Gasteiger partial charge in [0.1, 0.15) is 40.8 Å². The molecule has 2 saturated carbocycles. The largest absolute Gasteiger partial charge is 0.509 e. The van der Waals surface area contributed by atoms with Crippen LogP contribution in [0.2, 0.25) is 0 Å². The Hall–Kier alpha value is -6.83. The Balaban J connectivity index is 1.56. The van der Waals surface area contributed by atoms with E-state index in [2.05, 4.69) is 54.8 Å². The van der Waals surface area contributed by atoms with Crippen LogP contribution in [0.25, 0.3) is 0 Å². The Kier molecular flexibility index (Phi) is 23.5. The monoisotopic (exact) mass is 1160 g/mol. The summed E-state index contributed by atoms with van der Waals surface area (Å²) in [6.45, 7) is 17.1. The summed E-state index contributed by atoms with van der Waals surface area (Å²) >= 11 is 0. The number of para-hydroxylation sites is 1. The topological polar surface area (TPSA) is 255 Å². The highest BCUT2D eigenvalue weighted by Gasteiger charge is 2.78. The number of carbonyl (C=O) groups is 7. The van der Waals surface area contributed by atoms with Crippen LogP contribution in [0.5, 0.6) is 5.75 Å². The van der Waals surface area contributed by atoms with Crippen LogP contribution in [-0.4, -0.2) is 132 Å². The van der Waals surface area contributed by atoms with E-state index >= 15 is 9.59 Å². The number of unbranched alkanes of at least 4 members (excludes halogenated alkanes) is 1. The average Bonchev–Trinajstić information content (AvgIpc) is 0.700. The summed E-state index contributed by atoms with van der Waals surface area (Å²) in [5.41, 5.74) is -8.95. The molecule has 0 spiro atoms. The van der Waals surface area contributed by atoms with Gasteiger partial charge >= 0.3 is 36.1 Å². The van der Waals surface area contributed by atoms with Crippen LogP contribution in [0.15, 0.2) is 108 Å². The zero-order valence-corrected chi connectivity index (χ0v) is 50.5. The molecule has 1 heterocycles. The molecule has 456 valence electrons. The van der Waals surface area contributed by atoms with Crippen LogP contribution < -0.4 is 10.1 Å². The van der Waals surface area contributed by atoms with Gasteiger partial charge in [0.05, 0.1) is 44.3 Å². The number of fused-ring (bicyclic) bond motifs is 5. The van der Waals surface area contributed by atoms with Gasteiger partial charge in [0.15, 0.2) is 17.5 Å². The standard InChI is InChI=1S/C64H87NO18/c1-14-15-16-17-18-19-20-21-22-23-24-25-26-27-28-29-30-35-49(68)79-51(44(36-40(2)3)65-58(72)83-60(6,7)8)57(71)78-46-38-64(74)55(81-56(70)43-33-31-32-34-45(43)75-12)53-62(11,47(67)37-48-63(53,39-77-48)82-42(5)66)54(69)52(80-59(73)76-13)50(41(46)4)61(64,9)10/h15-16,18-19,21-22,24-25,27-28,31-34,36,44,46-48,51-53,55,67,74H,14,17,20,23,26,29-30,35,37-39H2,1-13H3,(H,65,72)/b16-15-,19-18-,22-21-,25-24-,28-27-/t44-,46-,47-,48+,51+,52+,53?,55?,62+,63-,64+/m0/s1. The number of benzene rings is 1. The van der Waals surface area contributed by atoms with E-state index in [4.69, 9.17) is 42.6 Å². The van der Waals surface area contributed by atoms with E-state index in [-0.39, 0.29) is 41.9 Å². The summed E-state index contributed by atoms with van der Waals surface area (Å²) in [7, 11) is 2.35. The number of rotatable bonds is 24. The number of methoxy groups -OCH3 is 2. The first kappa shape index (κ1) is 67.0. The van der Waals surface area contributed by atoms with E-state index in [0.29, 0.717) is 24.8 Å². The molecule has 19 nitrogen and oxygen atoms in total. The molecule has 3 fully saturated rings. The average molecular weight is 1160 g/mol. The predicted molar refractivity (Wildman–Crippen MR) is 308 cm³/mol. The van der Waals surface area contributed by atoms with Crippen molar-refractivity contribution in [2.45, 2.75) is 200 Å². The molecule has 2 unspecified atom stereocenters. The number of carbonyl (C=O) groups excluding carboxylic acids is 7. The van der Waals surface area contributed by atoms with Crippen molar-refractivity contribution >= 4 is 41.9 Å². The summed E-state index contributed by atoms with van der Waals surface area (Å²) < 4.78 is 52.9. The maximum Gasteiger partial charge on any atom is 0.509 e. The summed E-state index contributed by atoms with van der Waals surface area (Å²) in [5, 5.41) is 29.0. The number of aliphatic hydroxyl groups is 2. The van der Waals surface area contributed by atoms with Gasteiger partial charge < -0.3 is 58.2 Å². The third kappa shape index (κ3) is 15.9. The highest BCUT2D eigenvalue weighted by Crippen LogP contribution is 2.64. The van der Waals surface area contributed by atoms with E-state index < -0.39 is 125 Å². The van der Waals surface area contributed by atoms with Gasteiger partial charge in [-0.05, 0) is 117 Å². The zero-order valence-electron chi connectivity index (χ0n) is 50.5. The molecule has 4 aliphatic rings. The molecule has 1 amide bonds. The number of amides is 1. The molecule has 1 aromatic carbocycles. The molecule has 11 atom stereocenters. The lowest BCUT2D eigenvalue weighted by molar-refractivity contribution is -0.346. The van der Waals surface area contributed by atoms with E-state index in [1.54, 1.807) is 46.8 Å². The van der Waals surface area contributed by atoms with Crippen molar-refractivity contribution in [1.82, 2.24) is 5.32 Å². The van der Waals surface area contributed by atoms with Gasteiger partial charge in [-0.15, -0.1) is 0 Å². The van der Waals surface area contributed by atoms with Gasteiger partial charge in [-0.3, -0.25) is 14.4 Å². The summed E-state index contributed by atoms with van der Waals surface area (Å²) in [4.78, 5) is 100. The van der Waals surface area contributed by atoms with Crippen LogP contribution in [0.1, 0.15) is 151 Å². The minimum absolute atomic E-state index is 0.0794. The van der Waals surface area contributed by atoms with Crippen LogP contribution in [0, 0.1) is 16.7 Å². The number of ether oxygens (including phenoxy) is 9. The number of aliphatic hydroxyl groups excluding tert-OH is 1. The third-order valence-electron chi connectivity index (χ3n) is 15.8. The number of hydrogen-bond acceptors (Lipinski definition) is 18. The molecule has 1 saturated heterocycles. The Morgan fingerprint density at radius 3 is 2.00 bits per heavy atom. The van der Waals surface area contributed by atoms with E-state index in [9.17, 15) is 34.2 Å². The van der Waals surface area contributed by atoms with Crippen molar-refractivity contribution in [3.63, 3.8) is 0 Å². The molecule has 1 aliphatic heterocycles. The maximum absolute atomic E-state index is 15.9. The fourth-order valence-electron chi connectivity index (χ4n) is 11.6. The number of esters is 4. The van der Waals surface area contributed by atoms with Crippen LogP contribution in [0.3, 0.4) is 0 Å². The number of nitrogens with one attached hydrogen (secondary N) is 1. The molecule has 19 heteroatoms. The van der Waals surface area contributed by atoms with Gasteiger partial charge in [-0.2, -0.15) is 0 Å². The molecular weight excluding hydrogens is 1070 g/mol. The number of alkyl carbamates (subject to hydrolysis) is 1. The molecular formula is C64H87NO18. The number of allylic oxidation sites excluding steroid dienone is 11. The second-order valence-corrected chi connectivity index (χ2v) is 23.4. The highest BCUT2D eigenvalue weighted by atomic mass is 16.7. The minimum atomic E-state index is -2.54. The van der Waals surface area contributed by atoms with Crippen molar-refractivity contribution in [2.24, 2.45) is 16.7 Å². The second-order valence-electron chi connectivity index (χ2n) is 23.4. The van der Waals surface area contributed by atoms with E-state index in [0.717, 1.165) is 39.7 Å². The van der Waals surface area contributed by atoms with Gasteiger partial charge in [0, 0.05) is 31.6 Å². The number of hydrogen-bond donors (Lipinski definition) is 3. The fraction of sp³-hybridized carbons (Fsp3) is 0.578. The van der Waals surface area contributed by atoms with Crippen molar-refractivity contribution in [3.8, 4) is 5.75 Å². The maximum atomic E-state index is 15.9. The fourth-order valence-corrected chi connectivity index (χ4v) is 11.6. The predicted octanol–water partition coefficient (Wildman–Crippen LogP) is 10.1. The minimum Gasteiger partial charge on any atom is -0.496 e. The number of Topliss-reactive ketones (excluding diaryl/α,β-unsaturated/α-hetero) is 1. The Bertz CT molecular complexity index is 2720. The first-order valence-electron chi connectivity index (χ1n) is 28.5. The highest BCUT2D eigenvalue weighted by molar-refractivity contribution is 5.96. The van der Waals surface area contributed by atoms with Crippen molar-refractivity contribution in [3.05, 3.63) is 113 Å². The SMILES string of the molecule is CC/C=C\C/C=C\C/C=C\C/C=C\C/C=C\CCCC(=O)O[C@@H](C(=O)O[C@H]1C[C@@]2(O)C(OC(=O)c3ccccc3OC)C3[C@](C)(C(=O)[C@H](OC(=O)OC)C(=C1C)C2(C)C)[C@@H](O)C[C@H]1OC[C@@]31OC(C)=O)[C@H](C=C(C)C)NC(=O)OC(C)(C)C. The Labute approximate surface area is 488 Å². The van der Waals surface area contributed by atoms with Gasteiger partial charge in [-0.1, -0.05) is 105 Å². The third-order valence-corrected chi connectivity index (χ3v) is 15.8. The molecule has 1 aromatic rings. The Morgan fingerprint density at radius 1 is 0.855 bits per heavy atom. The van der Waals surface area contributed by atoms with E-state index in [1.807, 2.05) is 18.2 Å². The molecule has 3 N–H and O–H groups in total. The first-order chi connectivity index (χ1) is 39.1. The van der Waals surface area contributed by atoms with Crippen LogP contribution in [-0.2, 0) is 57.1 Å². The Morgan fingerprint density at radius 2 is 1.46 bits per heavy atom. The second kappa shape index (κ2) is 29.1.